The van der Waals surface area contributed by atoms with Gasteiger partial charge in [0.15, 0.2) is 0 Å². The summed E-state index contributed by atoms with van der Waals surface area (Å²) in [6, 6.07) is 87.3. The topological polar surface area (TPSA) is 32.8 Å². The molecule has 16 rings (SSSR count). The van der Waals surface area contributed by atoms with Gasteiger partial charge in [-0.3, -0.25) is 0 Å². The summed E-state index contributed by atoms with van der Waals surface area (Å²) in [5.74, 6) is 0. The standard InChI is InChI=1S/C85H74N2O2/c1-81(2,3)52-29-37-56(38-30-52)86(57-39-31-53(32-40-57)82(4,5)6)72-50-71-76(78-64(72)46-45-63-62-23-15-19-27-74(62)88-79(63)78)67-49-66-51(47-70(67)85(71)68-25-17-13-21-60(68)61-22-14-18-26-69(61)85)48-73(77-65-24-16-20-28-75(65)89-80(66)77)87(58-41-33-54(34-42-58)83(7,8)9)59-43-35-55(36-44-59)84(10,11)12/h13-50H,1-12H3. The SMILES string of the molecule is CC(C)(C)c1ccc(N(c2ccc(C(C)(C)C)cc2)c2cc3c(c4c2ccc2c5ccccc5oc24)-c2cc4c(cc2C32c3ccccc3-c3ccccc32)cc(N(c2ccc(C(C)(C)C)cc2)c2ccc(C(C)(C)C)cc2)c2c3ccccc3oc42)cc1. The monoisotopic (exact) mass is 1150 g/mol. The molecule has 0 unspecified atom stereocenters. The maximum absolute atomic E-state index is 7.39. The fraction of sp³-hybridized carbons (Fsp3) is 0.200. The van der Waals surface area contributed by atoms with Gasteiger partial charge < -0.3 is 18.6 Å². The van der Waals surface area contributed by atoms with Gasteiger partial charge in [-0.25, -0.2) is 0 Å². The molecule has 0 saturated carbocycles. The number of para-hydroxylation sites is 2. The summed E-state index contributed by atoms with van der Waals surface area (Å²) in [5, 5.41) is 8.68. The average Bonchev–Trinajstić information content (AvgIpc) is 1.50. The molecule has 0 N–H and O–H groups in total. The van der Waals surface area contributed by atoms with Gasteiger partial charge in [0, 0.05) is 55.1 Å². The summed E-state index contributed by atoms with van der Waals surface area (Å²) >= 11 is 0. The first-order chi connectivity index (χ1) is 42.7. The van der Waals surface area contributed by atoms with Crippen LogP contribution in [0.2, 0.25) is 0 Å². The Labute approximate surface area is 522 Å². The van der Waals surface area contributed by atoms with Crippen molar-refractivity contribution in [2.75, 3.05) is 9.80 Å². The molecule has 0 bridgehead atoms. The van der Waals surface area contributed by atoms with E-state index in [1.54, 1.807) is 0 Å². The van der Waals surface area contributed by atoms with E-state index in [4.69, 9.17) is 8.83 Å². The zero-order valence-corrected chi connectivity index (χ0v) is 53.2. The molecule has 0 radical (unpaired) electrons. The second-order valence-electron chi connectivity index (χ2n) is 29.3. The van der Waals surface area contributed by atoms with Crippen LogP contribution in [0.3, 0.4) is 0 Å². The lowest BCUT2D eigenvalue weighted by atomic mass is 9.70. The quantitative estimate of drug-likeness (QED) is 0.166. The van der Waals surface area contributed by atoms with E-state index in [1.165, 1.54) is 66.8 Å². The van der Waals surface area contributed by atoms with Gasteiger partial charge in [-0.05, 0) is 185 Å². The van der Waals surface area contributed by atoms with E-state index in [9.17, 15) is 0 Å². The fourth-order valence-corrected chi connectivity index (χ4v) is 15.0. The number of benzene rings is 12. The number of hydrogen-bond donors (Lipinski definition) is 0. The van der Waals surface area contributed by atoms with E-state index in [2.05, 4.69) is 323 Å². The van der Waals surface area contributed by atoms with Gasteiger partial charge in [-0.2, -0.15) is 0 Å². The van der Waals surface area contributed by atoms with Crippen molar-refractivity contribution < 1.29 is 8.83 Å². The Morgan fingerprint density at radius 3 is 1.18 bits per heavy atom. The Kier molecular flexibility index (Phi) is 11.8. The third-order valence-electron chi connectivity index (χ3n) is 19.7. The van der Waals surface area contributed by atoms with Crippen LogP contribution < -0.4 is 9.80 Å². The molecule has 2 aliphatic carbocycles. The molecule has 0 atom stereocenters. The lowest BCUT2D eigenvalue weighted by molar-refractivity contribution is 0.590. The number of furan rings is 2. The van der Waals surface area contributed by atoms with Gasteiger partial charge in [0.2, 0.25) is 0 Å². The highest BCUT2D eigenvalue weighted by Gasteiger charge is 2.53. The zero-order valence-electron chi connectivity index (χ0n) is 53.2. The fourth-order valence-electron chi connectivity index (χ4n) is 15.0. The van der Waals surface area contributed by atoms with Gasteiger partial charge in [0.05, 0.1) is 22.2 Å². The Bertz CT molecular complexity index is 5040. The largest absolute Gasteiger partial charge is 0.455 e. The molecule has 0 amide bonds. The summed E-state index contributed by atoms with van der Waals surface area (Å²) in [6.45, 7) is 27.5. The first-order valence-corrected chi connectivity index (χ1v) is 31.7. The van der Waals surface area contributed by atoms with E-state index < -0.39 is 5.41 Å². The summed E-state index contributed by atoms with van der Waals surface area (Å²) in [6.07, 6.45) is 0. The molecule has 2 heterocycles. The second kappa shape index (κ2) is 19.2. The summed E-state index contributed by atoms with van der Waals surface area (Å²) in [4.78, 5) is 4.98. The molecule has 1 spiro atoms. The molecule has 436 valence electrons. The van der Waals surface area contributed by atoms with Crippen LogP contribution in [0.5, 0.6) is 0 Å². The molecular weight excluding hydrogens is 1080 g/mol. The molecule has 89 heavy (non-hydrogen) atoms. The van der Waals surface area contributed by atoms with Crippen LogP contribution in [0, 0.1) is 0 Å². The van der Waals surface area contributed by atoms with Crippen molar-refractivity contribution in [3.63, 3.8) is 0 Å². The molecule has 2 aliphatic rings. The lowest BCUT2D eigenvalue weighted by Gasteiger charge is -2.33. The van der Waals surface area contributed by atoms with Gasteiger partial charge in [0.25, 0.3) is 0 Å². The van der Waals surface area contributed by atoms with Gasteiger partial charge in [-0.1, -0.05) is 223 Å². The van der Waals surface area contributed by atoms with Crippen molar-refractivity contribution in [3.05, 3.63) is 275 Å². The Morgan fingerprint density at radius 2 is 0.697 bits per heavy atom. The van der Waals surface area contributed by atoms with Gasteiger partial charge >= 0.3 is 0 Å². The maximum atomic E-state index is 7.39. The Hall–Kier alpha value is -9.64. The van der Waals surface area contributed by atoms with Crippen molar-refractivity contribution in [1.82, 2.24) is 0 Å². The summed E-state index contributed by atoms with van der Waals surface area (Å²) < 4.78 is 14.8. The number of anilines is 6. The van der Waals surface area contributed by atoms with Crippen LogP contribution >= 0.6 is 0 Å². The predicted octanol–water partition coefficient (Wildman–Crippen LogP) is 24.3. The normalized spacial score (nSPS) is 13.7. The van der Waals surface area contributed by atoms with Crippen LogP contribution in [0.15, 0.2) is 239 Å². The van der Waals surface area contributed by atoms with E-state index in [0.717, 1.165) is 99.5 Å². The van der Waals surface area contributed by atoms with Crippen LogP contribution in [-0.4, -0.2) is 0 Å². The van der Waals surface area contributed by atoms with Crippen molar-refractivity contribution in [3.8, 4) is 22.3 Å². The molecule has 2 aromatic heterocycles. The molecule has 4 heteroatoms. The Balaban J connectivity index is 1.06. The third kappa shape index (κ3) is 8.25. The number of hydrogen-bond acceptors (Lipinski definition) is 4. The summed E-state index contributed by atoms with van der Waals surface area (Å²) in [5.41, 5.74) is 24.0. The van der Waals surface area contributed by atoms with Crippen LogP contribution in [-0.2, 0) is 27.1 Å². The van der Waals surface area contributed by atoms with E-state index in [-0.39, 0.29) is 21.7 Å². The highest BCUT2D eigenvalue weighted by Crippen LogP contribution is 2.66. The van der Waals surface area contributed by atoms with Crippen molar-refractivity contribution in [1.29, 1.82) is 0 Å². The predicted molar refractivity (Wildman–Crippen MR) is 376 cm³/mol. The van der Waals surface area contributed by atoms with Crippen molar-refractivity contribution in [2.45, 2.75) is 110 Å². The van der Waals surface area contributed by atoms with Gasteiger partial charge in [-0.15, -0.1) is 0 Å². The lowest BCUT2D eigenvalue weighted by Crippen LogP contribution is -2.26. The molecule has 14 aromatic rings. The number of nitrogens with zero attached hydrogens (tertiary/aromatic N) is 2. The first-order valence-electron chi connectivity index (χ1n) is 31.7. The first kappa shape index (κ1) is 54.7. The molecule has 0 aliphatic heterocycles. The average molecular weight is 1160 g/mol. The highest BCUT2D eigenvalue weighted by molar-refractivity contribution is 6.27. The minimum absolute atomic E-state index is 0.0178. The second-order valence-corrected chi connectivity index (χ2v) is 29.3. The number of fused-ring (bicyclic) bond motifs is 21. The third-order valence-corrected chi connectivity index (χ3v) is 19.7. The minimum Gasteiger partial charge on any atom is -0.455 e. The highest BCUT2D eigenvalue weighted by atomic mass is 16.3. The molecule has 12 aromatic carbocycles. The van der Waals surface area contributed by atoms with Gasteiger partial charge in [0.1, 0.15) is 22.3 Å². The van der Waals surface area contributed by atoms with Crippen molar-refractivity contribution >= 4 is 99.5 Å². The Morgan fingerprint density at radius 1 is 0.292 bits per heavy atom. The zero-order chi connectivity index (χ0) is 61.3. The van der Waals surface area contributed by atoms with Crippen LogP contribution in [0.4, 0.5) is 34.1 Å². The smallest absolute Gasteiger partial charge is 0.145 e. The molecular formula is C85H74N2O2. The van der Waals surface area contributed by atoms with Crippen LogP contribution in [0.1, 0.15) is 128 Å². The van der Waals surface area contributed by atoms with E-state index in [0.29, 0.717) is 0 Å². The van der Waals surface area contributed by atoms with E-state index >= 15 is 0 Å². The minimum atomic E-state index is -0.769. The molecule has 0 saturated heterocycles. The maximum Gasteiger partial charge on any atom is 0.145 e. The van der Waals surface area contributed by atoms with E-state index in [1.807, 2.05) is 0 Å². The van der Waals surface area contributed by atoms with Crippen molar-refractivity contribution in [2.24, 2.45) is 0 Å². The summed E-state index contributed by atoms with van der Waals surface area (Å²) in [7, 11) is 0. The number of rotatable bonds is 6. The van der Waals surface area contributed by atoms with Crippen LogP contribution in [0.25, 0.3) is 87.7 Å². The molecule has 0 fully saturated rings. The molecule has 4 nitrogen and oxygen atoms in total.